The zero-order valence-corrected chi connectivity index (χ0v) is 16.3. The van der Waals surface area contributed by atoms with Crippen LogP contribution in [0.4, 0.5) is 5.69 Å². The van der Waals surface area contributed by atoms with Gasteiger partial charge in [-0.1, -0.05) is 91.0 Å². The molecule has 1 heteroatoms. The average molecular weight is 373 g/mol. The number of hydrogen-bond acceptors (Lipinski definition) is 1. The molecule has 29 heavy (non-hydrogen) atoms. The summed E-state index contributed by atoms with van der Waals surface area (Å²) in [5, 5.41) is 0. The van der Waals surface area contributed by atoms with Crippen LogP contribution in [0.2, 0.25) is 0 Å². The van der Waals surface area contributed by atoms with Gasteiger partial charge in [0.15, 0.2) is 0 Å². The van der Waals surface area contributed by atoms with Crippen molar-refractivity contribution in [1.29, 1.82) is 0 Å². The Labute approximate surface area is 172 Å². The topological polar surface area (TPSA) is 26.0 Å². The highest BCUT2D eigenvalue weighted by Crippen LogP contribution is 2.41. The van der Waals surface area contributed by atoms with Gasteiger partial charge in [-0.3, -0.25) is 0 Å². The smallest absolute Gasteiger partial charge is 0.0320 e. The van der Waals surface area contributed by atoms with E-state index in [9.17, 15) is 0 Å². The first-order valence-corrected chi connectivity index (χ1v) is 10.1. The molecular formula is C28H23N. The number of anilines is 1. The molecule has 5 rings (SSSR count). The van der Waals surface area contributed by atoms with E-state index in [-0.39, 0.29) is 0 Å². The third-order valence-electron chi connectivity index (χ3n) is 5.72. The van der Waals surface area contributed by atoms with Gasteiger partial charge in [0.1, 0.15) is 0 Å². The van der Waals surface area contributed by atoms with Crippen LogP contribution in [0.15, 0.2) is 103 Å². The zero-order valence-electron chi connectivity index (χ0n) is 16.3. The Bertz CT molecular complexity index is 1150. The lowest BCUT2D eigenvalue weighted by atomic mass is 9.84. The fourth-order valence-corrected chi connectivity index (χ4v) is 4.40. The van der Waals surface area contributed by atoms with E-state index in [2.05, 4.69) is 91.0 Å². The lowest BCUT2D eigenvalue weighted by Gasteiger charge is -2.20. The molecule has 0 unspecified atom stereocenters. The monoisotopic (exact) mass is 373 g/mol. The van der Waals surface area contributed by atoms with Crippen LogP contribution in [-0.2, 0) is 12.8 Å². The summed E-state index contributed by atoms with van der Waals surface area (Å²) in [5.74, 6) is 0. The molecule has 0 saturated heterocycles. The Hall–Kier alpha value is -3.58. The molecule has 0 amide bonds. The summed E-state index contributed by atoms with van der Waals surface area (Å²) in [6, 6.07) is 36.6. The maximum Gasteiger partial charge on any atom is 0.0320 e. The van der Waals surface area contributed by atoms with Crippen LogP contribution >= 0.6 is 0 Å². The maximum atomic E-state index is 6.20. The van der Waals surface area contributed by atoms with Crippen LogP contribution in [0, 0.1) is 0 Å². The quantitative estimate of drug-likeness (QED) is 0.406. The number of benzene rings is 4. The first-order chi connectivity index (χ1) is 14.3. The van der Waals surface area contributed by atoms with Crippen molar-refractivity contribution in [3.63, 3.8) is 0 Å². The fourth-order valence-electron chi connectivity index (χ4n) is 4.40. The number of fused-ring (bicyclic) bond motifs is 2. The Morgan fingerprint density at radius 1 is 0.552 bits per heavy atom. The molecule has 2 N–H and O–H groups in total. The zero-order chi connectivity index (χ0) is 19.6. The summed E-state index contributed by atoms with van der Waals surface area (Å²) >= 11 is 0. The predicted molar refractivity (Wildman–Crippen MR) is 123 cm³/mol. The largest absolute Gasteiger partial charge is 0.399 e. The molecule has 0 heterocycles. The predicted octanol–water partition coefficient (Wildman–Crippen LogP) is 6.37. The van der Waals surface area contributed by atoms with E-state index in [1.807, 2.05) is 12.1 Å². The molecule has 4 aromatic carbocycles. The Morgan fingerprint density at radius 2 is 1.10 bits per heavy atom. The molecule has 0 bridgehead atoms. The van der Waals surface area contributed by atoms with Crippen molar-refractivity contribution in [3.8, 4) is 0 Å². The molecular weight excluding hydrogens is 350 g/mol. The molecule has 1 nitrogen and oxygen atoms in total. The average Bonchev–Trinajstić information content (AvgIpc) is 2.93. The minimum absolute atomic E-state index is 0.784. The van der Waals surface area contributed by atoms with Crippen LogP contribution < -0.4 is 5.73 Å². The van der Waals surface area contributed by atoms with Gasteiger partial charge < -0.3 is 5.73 Å². The summed E-state index contributed by atoms with van der Waals surface area (Å²) in [6.45, 7) is 0. The van der Waals surface area contributed by atoms with Crippen LogP contribution in [0.3, 0.4) is 0 Å². The minimum atomic E-state index is 0.784. The van der Waals surface area contributed by atoms with Gasteiger partial charge in [0, 0.05) is 5.69 Å². The third-order valence-corrected chi connectivity index (χ3v) is 5.72. The second-order valence-corrected chi connectivity index (χ2v) is 7.56. The molecule has 1 aliphatic carbocycles. The summed E-state index contributed by atoms with van der Waals surface area (Å²) in [7, 11) is 0. The molecule has 1 aliphatic rings. The van der Waals surface area contributed by atoms with E-state index in [0.717, 1.165) is 24.1 Å². The second kappa shape index (κ2) is 7.44. The first-order valence-electron chi connectivity index (χ1n) is 10.1. The van der Waals surface area contributed by atoms with Crippen molar-refractivity contribution < 1.29 is 0 Å². The van der Waals surface area contributed by atoms with Crippen molar-refractivity contribution in [2.45, 2.75) is 12.8 Å². The van der Waals surface area contributed by atoms with E-state index in [1.165, 1.54) is 39.0 Å². The number of nitrogens with two attached hydrogens (primary N) is 1. The van der Waals surface area contributed by atoms with Crippen LogP contribution in [0.5, 0.6) is 0 Å². The molecule has 0 aliphatic heterocycles. The second-order valence-electron chi connectivity index (χ2n) is 7.56. The van der Waals surface area contributed by atoms with E-state index in [4.69, 9.17) is 5.73 Å². The van der Waals surface area contributed by atoms with Gasteiger partial charge in [-0.05, 0) is 69.5 Å². The third kappa shape index (κ3) is 3.25. The highest BCUT2D eigenvalue weighted by molar-refractivity contribution is 6.06. The fraction of sp³-hybridized carbons (Fsp3) is 0.0714. The van der Waals surface area contributed by atoms with Gasteiger partial charge in [-0.2, -0.15) is 0 Å². The Kier molecular flexibility index (Phi) is 4.50. The van der Waals surface area contributed by atoms with Crippen molar-refractivity contribution in [2.24, 2.45) is 0 Å². The summed E-state index contributed by atoms with van der Waals surface area (Å²) < 4.78 is 0. The molecule has 0 atom stereocenters. The summed E-state index contributed by atoms with van der Waals surface area (Å²) in [5.41, 5.74) is 17.3. The molecule has 4 aromatic rings. The Balaban J connectivity index is 1.94. The van der Waals surface area contributed by atoms with E-state index in [0.29, 0.717) is 0 Å². The molecule has 0 fully saturated rings. The minimum Gasteiger partial charge on any atom is -0.399 e. The van der Waals surface area contributed by atoms with Gasteiger partial charge in [-0.25, -0.2) is 0 Å². The van der Waals surface area contributed by atoms with Gasteiger partial charge in [0.2, 0.25) is 0 Å². The van der Waals surface area contributed by atoms with Crippen LogP contribution in [-0.4, -0.2) is 0 Å². The molecule has 140 valence electrons. The summed E-state index contributed by atoms with van der Waals surface area (Å²) in [4.78, 5) is 0. The van der Waals surface area contributed by atoms with Crippen LogP contribution in [0.1, 0.15) is 33.4 Å². The van der Waals surface area contributed by atoms with Crippen molar-refractivity contribution in [3.05, 3.63) is 137 Å². The Morgan fingerprint density at radius 3 is 1.72 bits per heavy atom. The van der Waals surface area contributed by atoms with Gasteiger partial charge in [0.25, 0.3) is 0 Å². The lowest BCUT2D eigenvalue weighted by molar-refractivity contribution is 0.965. The maximum absolute atomic E-state index is 6.20. The van der Waals surface area contributed by atoms with Gasteiger partial charge in [0.05, 0.1) is 0 Å². The van der Waals surface area contributed by atoms with Crippen molar-refractivity contribution in [2.75, 3.05) is 5.73 Å². The standard InChI is InChI=1S/C28H23N/c29-24-14-8-13-23(19-24)27(22-11-2-1-3-12-22)28-25-15-6-4-9-20(25)17-18-21-10-5-7-16-26(21)28/h1-16,19H,17-18,29H2. The van der Waals surface area contributed by atoms with E-state index >= 15 is 0 Å². The number of nitrogen functional groups attached to an aromatic ring is 1. The molecule has 0 radical (unpaired) electrons. The highest BCUT2D eigenvalue weighted by Gasteiger charge is 2.22. The molecule has 0 aromatic heterocycles. The normalized spacial score (nSPS) is 12.6. The van der Waals surface area contributed by atoms with E-state index < -0.39 is 0 Å². The number of hydrogen-bond donors (Lipinski definition) is 1. The van der Waals surface area contributed by atoms with Crippen molar-refractivity contribution in [1.82, 2.24) is 0 Å². The van der Waals surface area contributed by atoms with Gasteiger partial charge >= 0.3 is 0 Å². The highest BCUT2D eigenvalue weighted by atomic mass is 14.5. The van der Waals surface area contributed by atoms with Gasteiger partial charge in [-0.15, -0.1) is 0 Å². The van der Waals surface area contributed by atoms with E-state index in [1.54, 1.807) is 0 Å². The van der Waals surface area contributed by atoms with Crippen LogP contribution in [0.25, 0.3) is 11.1 Å². The molecule has 0 saturated carbocycles. The summed E-state index contributed by atoms with van der Waals surface area (Å²) in [6.07, 6.45) is 2.10. The van der Waals surface area contributed by atoms with Crippen molar-refractivity contribution >= 4 is 16.8 Å². The number of rotatable bonds is 2. The first kappa shape index (κ1) is 17.5. The SMILES string of the molecule is Nc1cccc(C(=C2c3ccccc3CCc3ccccc32)c2ccccc2)c1. The molecule has 0 spiro atoms. The lowest BCUT2D eigenvalue weighted by Crippen LogP contribution is -2.00. The number of aryl methyl sites for hydroxylation is 2.